The normalized spacial score (nSPS) is 23.5. The first-order valence-corrected chi connectivity index (χ1v) is 5.50. The topological polar surface area (TPSA) is 9.23 Å². The summed E-state index contributed by atoms with van der Waals surface area (Å²) < 4.78 is 18.9. The Kier molecular flexibility index (Phi) is 2.68. The standard InChI is InChI=1S/C13H17FO/c1-8(2)7-15-10-4-5-11-12(6-10)9(3)13(11)14/h4-6,8-9,13H,7H2,1-3H3/t9?,13-/m0/s1. The number of rotatable bonds is 3. The maximum absolute atomic E-state index is 13.3. The molecule has 0 bridgehead atoms. The maximum atomic E-state index is 13.3. The molecule has 82 valence electrons. The van der Waals surface area contributed by atoms with Gasteiger partial charge >= 0.3 is 0 Å². The predicted octanol–water partition coefficient (Wildman–Crippen LogP) is 3.85. The van der Waals surface area contributed by atoms with Crippen LogP contribution in [0.1, 0.15) is 44.0 Å². The van der Waals surface area contributed by atoms with Crippen molar-refractivity contribution < 1.29 is 9.13 Å². The van der Waals surface area contributed by atoms with Gasteiger partial charge in [0.25, 0.3) is 0 Å². The number of fused-ring (bicyclic) bond motifs is 1. The summed E-state index contributed by atoms with van der Waals surface area (Å²) in [4.78, 5) is 0. The van der Waals surface area contributed by atoms with Crippen molar-refractivity contribution in [1.29, 1.82) is 0 Å². The molecule has 1 aliphatic rings. The third kappa shape index (κ3) is 1.85. The van der Waals surface area contributed by atoms with Gasteiger partial charge in [0.15, 0.2) is 0 Å². The minimum Gasteiger partial charge on any atom is -0.493 e. The summed E-state index contributed by atoms with van der Waals surface area (Å²) in [5, 5.41) is 0. The van der Waals surface area contributed by atoms with Crippen LogP contribution in [0.25, 0.3) is 0 Å². The molecule has 0 saturated heterocycles. The lowest BCUT2D eigenvalue weighted by Gasteiger charge is -2.31. The van der Waals surface area contributed by atoms with Crippen LogP contribution in [0.3, 0.4) is 0 Å². The van der Waals surface area contributed by atoms with Crippen LogP contribution in [0.4, 0.5) is 4.39 Å². The fourth-order valence-electron chi connectivity index (χ4n) is 1.88. The van der Waals surface area contributed by atoms with Gasteiger partial charge in [-0.25, -0.2) is 4.39 Å². The molecule has 0 heterocycles. The lowest BCUT2D eigenvalue weighted by Crippen LogP contribution is -2.18. The van der Waals surface area contributed by atoms with Gasteiger partial charge in [-0.3, -0.25) is 0 Å². The zero-order chi connectivity index (χ0) is 11.0. The van der Waals surface area contributed by atoms with E-state index in [1.807, 2.05) is 25.1 Å². The molecule has 1 nitrogen and oxygen atoms in total. The van der Waals surface area contributed by atoms with Crippen molar-refractivity contribution in [3.63, 3.8) is 0 Å². The number of ether oxygens (including phenoxy) is 1. The summed E-state index contributed by atoms with van der Waals surface area (Å²) >= 11 is 0. The lowest BCUT2D eigenvalue weighted by molar-refractivity contribution is 0.250. The average molecular weight is 208 g/mol. The first-order chi connectivity index (χ1) is 7.09. The van der Waals surface area contributed by atoms with Gasteiger partial charge in [0.1, 0.15) is 11.9 Å². The van der Waals surface area contributed by atoms with E-state index in [0.717, 1.165) is 16.9 Å². The Bertz CT molecular complexity index is 360. The van der Waals surface area contributed by atoms with Gasteiger partial charge in [0.05, 0.1) is 6.61 Å². The van der Waals surface area contributed by atoms with E-state index in [9.17, 15) is 4.39 Å². The molecule has 0 saturated carbocycles. The van der Waals surface area contributed by atoms with Crippen molar-refractivity contribution >= 4 is 0 Å². The van der Waals surface area contributed by atoms with Crippen LogP contribution in [-0.2, 0) is 0 Å². The maximum Gasteiger partial charge on any atom is 0.132 e. The Morgan fingerprint density at radius 2 is 2.07 bits per heavy atom. The van der Waals surface area contributed by atoms with E-state index in [4.69, 9.17) is 4.74 Å². The van der Waals surface area contributed by atoms with E-state index < -0.39 is 6.17 Å². The fourth-order valence-corrected chi connectivity index (χ4v) is 1.88. The smallest absolute Gasteiger partial charge is 0.132 e. The third-order valence-corrected chi connectivity index (χ3v) is 2.87. The summed E-state index contributed by atoms with van der Waals surface area (Å²) in [7, 11) is 0. The summed E-state index contributed by atoms with van der Waals surface area (Å²) in [5.74, 6) is 1.41. The van der Waals surface area contributed by atoms with Crippen molar-refractivity contribution in [3.8, 4) is 5.75 Å². The predicted molar refractivity (Wildman–Crippen MR) is 59.0 cm³/mol. The summed E-state index contributed by atoms with van der Waals surface area (Å²) in [6.07, 6.45) is -0.779. The molecule has 0 radical (unpaired) electrons. The Labute approximate surface area is 90.3 Å². The summed E-state index contributed by atoms with van der Waals surface area (Å²) in [5.41, 5.74) is 1.93. The quantitative estimate of drug-likeness (QED) is 0.733. The zero-order valence-electron chi connectivity index (χ0n) is 9.46. The van der Waals surface area contributed by atoms with Crippen LogP contribution in [-0.4, -0.2) is 6.61 Å². The Morgan fingerprint density at radius 3 is 2.73 bits per heavy atom. The first kappa shape index (κ1) is 10.5. The van der Waals surface area contributed by atoms with Crippen LogP contribution in [0.5, 0.6) is 5.75 Å². The van der Waals surface area contributed by atoms with Crippen molar-refractivity contribution in [2.45, 2.75) is 32.9 Å². The SMILES string of the molecule is CC(C)COc1ccc2c(c1)C(C)[C@@H]2F. The monoisotopic (exact) mass is 208 g/mol. The highest BCUT2D eigenvalue weighted by Crippen LogP contribution is 2.48. The fraction of sp³-hybridized carbons (Fsp3) is 0.538. The molecule has 2 rings (SSSR count). The molecule has 0 aliphatic heterocycles. The molecule has 0 aromatic heterocycles. The van der Waals surface area contributed by atoms with Crippen LogP contribution in [0.2, 0.25) is 0 Å². The molecule has 1 aromatic carbocycles. The Balaban J connectivity index is 2.10. The molecular formula is C13H17FO. The Morgan fingerprint density at radius 1 is 1.33 bits per heavy atom. The molecule has 2 heteroatoms. The van der Waals surface area contributed by atoms with Gasteiger partial charge in [-0.05, 0) is 29.2 Å². The summed E-state index contributed by atoms with van der Waals surface area (Å²) in [6.45, 7) is 6.86. The molecule has 1 unspecified atom stereocenters. The number of alkyl halides is 1. The molecular weight excluding hydrogens is 191 g/mol. The Hall–Kier alpha value is -1.05. The minimum atomic E-state index is -0.779. The van der Waals surface area contributed by atoms with Crippen molar-refractivity contribution in [3.05, 3.63) is 29.3 Å². The van der Waals surface area contributed by atoms with E-state index >= 15 is 0 Å². The minimum absolute atomic E-state index is 0.0302. The van der Waals surface area contributed by atoms with Gasteiger partial charge in [-0.2, -0.15) is 0 Å². The van der Waals surface area contributed by atoms with Gasteiger partial charge in [0.2, 0.25) is 0 Å². The van der Waals surface area contributed by atoms with Crippen LogP contribution in [0.15, 0.2) is 18.2 Å². The van der Waals surface area contributed by atoms with E-state index in [2.05, 4.69) is 13.8 Å². The second-order valence-corrected chi connectivity index (χ2v) is 4.69. The number of hydrogen-bond acceptors (Lipinski definition) is 1. The number of halogens is 1. The molecule has 1 aromatic rings. The van der Waals surface area contributed by atoms with Crippen LogP contribution < -0.4 is 4.74 Å². The highest BCUT2D eigenvalue weighted by Gasteiger charge is 2.34. The molecule has 2 atom stereocenters. The van der Waals surface area contributed by atoms with Crippen LogP contribution >= 0.6 is 0 Å². The molecule has 1 aliphatic carbocycles. The summed E-state index contributed by atoms with van der Waals surface area (Å²) in [6, 6.07) is 5.67. The van der Waals surface area contributed by atoms with Crippen LogP contribution in [0, 0.1) is 5.92 Å². The van der Waals surface area contributed by atoms with E-state index in [0.29, 0.717) is 12.5 Å². The largest absolute Gasteiger partial charge is 0.493 e. The third-order valence-electron chi connectivity index (χ3n) is 2.87. The average Bonchev–Trinajstić information content (AvgIpc) is 2.24. The van der Waals surface area contributed by atoms with Gasteiger partial charge in [0, 0.05) is 5.92 Å². The lowest BCUT2D eigenvalue weighted by atomic mass is 9.77. The van der Waals surface area contributed by atoms with Crippen molar-refractivity contribution in [2.24, 2.45) is 5.92 Å². The van der Waals surface area contributed by atoms with Gasteiger partial charge in [-0.1, -0.05) is 26.8 Å². The van der Waals surface area contributed by atoms with E-state index in [-0.39, 0.29) is 5.92 Å². The molecule has 0 fully saturated rings. The van der Waals surface area contributed by atoms with E-state index in [1.54, 1.807) is 0 Å². The second-order valence-electron chi connectivity index (χ2n) is 4.69. The molecule has 0 N–H and O–H groups in total. The first-order valence-electron chi connectivity index (χ1n) is 5.50. The van der Waals surface area contributed by atoms with Crippen molar-refractivity contribution in [1.82, 2.24) is 0 Å². The second kappa shape index (κ2) is 3.84. The molecule has 15 heavy (non-hydrogen) atoms. The molecule has 0 amide bonds. The zero-order valence-corrected chi connectivity index (χ0v) is 9.46. The highest BCUT2D eigenvalue weighted by molar-refractivity contribution is 5.46. The highest BCUT2D eigenvalue weighted by atomic mass is 19.1. The van der Waals surface area contributed by atoms with Crippen molar-refractivity contribution in [2.75, 3.05) is 6.61 Å². The molecule has 0 spiro atoms. The van der Waals surface area contributed by atoms with Gasteiger partial charge < -0.3 is 4.74 Å². The number of benzene rings is 1. The van der Waals surface area contributed by atoms with E-state index in [1.165, 1.54) is 0 Å². The number of hydrogen-bond donors (Lipinski definition) is 0. The van der Waals surface area contributed by atoms with Gasteiger partial charge in [-0.15, -0.1) is 0 Å².